The number of hydrogen-bond acceptors (Lipinski definition) is 3. The van der Waals surface area contributed by atoms with Gasteiger partial charge in [0.2, 0.25) is 0 Å². The van der Waals surface area contributed by atoms with Crippen molar-refractivity contribution in [1.29, 1.82) is 0 Å². The van der Waals surface area contributed by atoms with Crippen molar-refractivity contribution in [1.82, 2.24) is 14.5 Å². The molecular weight excluding hydrogens is 550 g/mol. The fraction of sp³-hybridized carbons (Fsp3) is 0.289. The van der Waals surface area contributed by atoms with Crippen LogP contribution in [0.3, 0.4) is 0 Å². The van der Waals surface area contributed by atoms with Gasteiger partial charge in [0.25, 0.3) is 0 Å². The third-order valence-electron chi connectivity index (χ3n) is 7.74. The van der Waals surface area contributed by atoms with Crippen LogP contribution in [0.15, 0.2) is 109 Å². The molecule has 5 rings (SSSR count). The smallest absolute Gasteiger partial charge is 0.140 e. The van der Waals surface area contributed by atoms with Gasteiger partial charge >= 0.3 is 0 Å². The predicted molar refractivity (Wildman–Crippen MR) is 179 cm³/mol. The summed E-state index contributed by atoms with van der Waals surface area (Å²) in [5.74, 6) is 1.92. The van der Waals surface area contributed by atoms with Gasteiger partial charge in [-0.05, 0) is 54.8 Å². The molecular formula is C38H42ClN3O. The summed E-state index contributed by atoms with van der Waals surface area (Å²) >= 11 is 6.29. The highest BCUT2D eigenvalue weighted by Crippen LogP contribution is 2.32. The second kappa shape index (κ2) is 15.6. The number of aromatic nitrogens is 2. The van der Waals surface area contributed by atoms with E-state index in [4.69, 9.17) is 21.3 Å². The number of ether oxygens (including phenoxy) is 1. The van der Waals surface area contributed by atoms with E-state index in [1.807, 2.05) is 30.3 Å². The molecule has 43 heavy (non-hydrogen) atoms. The van der Waals surface area contributed by atoms with E-state index in [2.05, 4.69) is 102 Å². The molecule has 4 aromatic carbocycles. The normalized spacial score (nSPS) is 11.3. The number of unbranched alkanes of at least 4 members (excludes halogenated alkanes) is 2. The molecule has 0 aliphatic carbocycles. The summed E-state index contributed by atoms with van der Waals surface area (Å²) in [7, 11) is 0. The highest BCUT2D eigenvalue weighted by molar-refractivity contribution is 6.30. The molecule has 0 atom stereocenters. The summed E-state index contributed by atoms with van der Waals surface area (Å²) in [6.45, 7) is 8.71. The second-order valence-corrected chi connectivity index (χ2v) is 11.5. The van der Waals surface area contributed by atoms with E-state index in [-0.39, 0.29) is 0 Å². The van der Waals surface area contributed by atoms with Gasteiger partial charge in [-0.2, -0.15) is 0 Å². The maximum Gasteiger partial charge on any atom is 0.140 e. The van der Waals surface area contributed by atoms with Crippen LogP contribution in [-0.4, -0.2) is 21.0 Å². The van der Waals surface area contributed by atoms with Crippen molar-refractivity contribution in [3.8, 4) is 28.4 Å². The summed E-state index contributed by atoms with van der Waals surface area (Å²) < 4.78 is 8.51. The van der Waals surface area contributed by atoms with E-state index in [9.17, 15) is 0 Å². The van der Waals surface area contributed by atoms with Crippen LogP contribution in [0.1, 0.15) is 56.4 Å². The number of nitrogens with zero attached hydrogens (tertiary/aromatic N) is 3. The average molecular weight is 592 g/mol. The molecule has 0 bridgehead atoms. The molecule has 0 aliphatic heterocycles. The van der Waals surface area contributed by atoms with Gasteiger partial charge in [-0.1, -0.05) is 123 Å². The van der Waals surface area contributed by atoms with Crippen molar-refractivity contribution in [3.63, 3.8) is 0 Å². The zero-order valence-electron chi connectivity index (χ0n) is 25.4. The van der Waals surface area contributed by atoms with Crippen LogP contribution in [0.25, 0.3) is 22.6 Å². The molecule has 0 amide bonds. The molecule has 0 aliphatic rings. The number of hydrogen-bond donors (Lipinski definition) is 0. The van der Waals surface area contributed by atoms with Gasteiger partial charge in [0.15, 0.2) is 0 Å². The maximum atomic E-state index is 6.29. The largest absolute Gasteiger partial charge is 0.489 e. The Morgan fingerprint density at radius 1 is 0.698 bits per heavy atom. The van der Waals surface area contributed by atoms with Crippen LogP contribution in [0.5, 0.6) is 5.75 Å². The van der Waals surface area contributed by atoms with Gasteiger partial charge < -0.3 is 9.30 Å². The molecule has 0 spiro atoms. The molecule has 0 unspecified atom stereocenters. The average Bonchev–Trinajstić information content (AvgIpc) is 3.41. The first-order chi connectivity index (χ1) is 21.1. The lowest BCUT2D eigenvalue weighted by molar-refractivity contribution is 0.246. The zero-order chi connectivity index (χ0) is 29.9. The topological polar surface area (TPSA) is 30.3 Å². The minimum Gasteiger partial charge on any atom is -0.489 e. The number of rotatable bonds is 15. The first-order valence-corrected chi connectivity index (χ1v) is 15.9. The number of benzene rings is 4. The van der Waals surface area contributed by atoms with Crippen molar-refractivity contribution >= 4 is 11.6 Å². The number of imidazole rings is 1. The van der Waals surface area contributed by atoms with Gasteiger partial charge in [0, 0.05) is 35.8 Å². The second-order valence-electron chi connectivity index (χ2n) is 11.1. The Bertz CT molecular complexity index is 1530. The molecule has 5 heteroatoms. The number of halogens is 1. The quantitative estimate of drug-likeness (QED) is 0.121. The highest BCUT2D eigenvalue weighted by atomic mass is 35.5. The van der Waals surface area contributed by atoms with E-state index < -0.39 is 0 Å². The Labute approximate surface area is 261 Å². The van der Waals surface area contributed by atoms with Crippen molar-refractivity contribution in [2.75, 3.05) is 6.54 Å². The Balaban J connectivity index is 1.44. The molecule has 0 saturated carbocycles. The SMILES string of the molecule is CCCCN(Cc1ccc(OCc2ccccc2)cc1)Cc1c(-c2ccc(Cl)cc2)nc(-c2ccccc2)n1CCCC. The predicted octanol–water partition coefficient (Wildman–Crippen LogP) is 10.1. The molecule has 1 heterocycles. The third kappa shape index (κ3) is 8.37. The first-order valence-electron chi connectivity index (χ1n) is 15.5. The molecule has 0 N–H and O–H groups in total. The lowest BCUT2D eigenvalue weighted by Crippen LogP contribution is -2.26. The Hall–Kier alpha value is -3.86. The summed E-state index contributed by atoms with van der Waals surface area (Å²) in [5.41, 5.74) is 6.99. The van der Waals surface area contributed by atoms with Crippen LogP contribution >= 0.6 is 11.6 Å². The fourth-order valence-corrected chi connectivity index (χ4v) is 5.47. The van der Waals surface area contributed by atoms with Gasteiger partial charge in [0.05, 0.1) is 11.4 Å². The Morgan fingerprint density at radius 3 is 2.05 bits per heavy atom. The molecule has 5 aromatic rings. The lowest BCUT2D eigenvalue weighted by atomic mass is 10.1. The molecule has 0 radical (unpaired) electrons. The van der Waals surface area contributed by atoms with Gasteiger partial charge in [-0.3, -0.25) is 4.90 Å². The Morgan fingerprint density at radius 2 is 1.37 bits per heavy atom. The van der Waals surface area contributed by atoms with Crippen LogP contribution in [0.4, 0.5) is 0 Å². The zero-order valence-corrected chi connectivity index (χ0v) is 26.1. The van der Waals surface area contributed by atoms with Crippen molar-refractivity contribution < 1.29 is 4.74 Å². The lowest BCUT2D eigenvalue weighted by Gasteiger charge is -2.24. The van der Waals surface area contributed by atoms with Gasteiger partial charge in [-0.15, -0.1) is 0 Å². The summed E-state index contributed by atoms with van der Waals surface area (Å²) in [5, 5.41) is 0.736. The van der Waals surface area contributed by atoms with Gasteiger partial charge in [0.1, 0.15) is 18.2 Å². The highest BCUT2D eigenvalue weighted by Gasteiger charge is 2.22. The Kier molecular flexibility index (Phi) is 11.1. The van der Waals surface area contributed by atoms with E-state index in [1.165, 1.54) is 16.8 Å². The minimum atomic E-state index is 0.571. The molecule has 4 nitrogen and oxygen atoms in total. The van der Waals surface area contributed by atoms with Crippen molar-refractivity contribution in [2.24, 2.45) is 0 Å². The monoisotopic (exact) mass is 591 g/mol. The van der Waals surface area contributed by atoms with Crippen LogP contribution in [0, 0.1) is 0 Å². The standard InChI is InChI=1S/C38H42ClN3O/c1-3-5-25-41(27-30-17-23-35(24-18-30)43-29-31-13-9-7-10-14-31)28-36-37(32-19-21-34(39)22-20-32)40-38(42(36)26-6-4-2)33-15-11-8-12-16-33/h7-24H,3-6,25-29H2,1-2H3. The first kappa shape index (κ1) is 30.6. The minimum absolute atomic E-state index is 0.571. The molecule has 222 valence electrons. The summed E-state index contributed by atoms with van der Waals surface area (Å²) in [6, 6.07) is 37.6. The molecule has 0 saturated heterocycles. The van der Waals surface area contributed by atoms with Crippen LogP contribution < -0.4 is 4.74 Å². The van der Waals surface area contributed by atoms with Crippen LogP contribution in [-0.2, 0) is 26.2 Å². The van der Waals surface area contributed by atoms with Crippen LogP contribution in [0.2, 0.25) is 5.02 Å². The molecule has 1 aromatic heterocycles. The summed E-state index contributed by atoms with van der Waals surface area (Å²) in [6.07, 6.45) is 4.52. The maximum absolute atomic E-state index is 6.29. The van der Waals surface area contributed by atoms with Crippen molar-refractivity contribution in [3.05, 3.63) is 131 Å². The fourth-order valence-electron chi connectivity index (χ4n) is 5.35. The van der Waals surface area contributed by atoms with Crippen molar-refractivity contribution in [2.45, 2.75) is 65.8 Å². The van der Waals surface area contributed by atoms with E-state index in [0.717, 1.165) is 85.3 Å². The summed E-state index contributed by atoms with van der Waals surface area (Å²) in [4.78, 5) is 7.87. The van der Waals surface area contributed by atoms with E-state index in [0.29, 0.717) is 6.61 Å². The van der Waals surface area contributed by atoms with E-state index >= 15 is 0 Å². The molecule has 0 fully saturated rings. The van der Waals surface area contributed by atoms with Gasteiger partial charge in [-0.25, -0.2) is 4.98 Å². The third-order valence-corrected chi connectivity index (χ3v) is 7.99. The van der Waals surface area contributed by atoms with E-state index in [1.54, 1.807) is 0 Å².